The van der Waals surface area contributed by atoms with E-state index in [1.165, 1.54) is 18.7 Å². The van der Waals surface area contributed by atoms with Gasteiger partial charge in [-0.25, -0.2) is 4.79 Å². The van der Waals surface area contributed by atoms with Crippen molar-refractivity contribution < 1.29 is 4.74 Å². The largest absolute Gasteiger partial charge is 0.490 e. The predicted molar refractivity (Wildman–Crippen MR) is 48.2 cm³/mol. The lowest BCUT2D eigenvalue weighted by molar-refractivity contribution is 0.390. The molecule has 0 aliphatic carbocycles. The molecule has 1 heterocycles. The average molecular weight is 184 g/mol. The van der Waals surface area contributed by atoms with E-state index in [0.717, 1.165) is 4.57 Å². The van der Waals surface area contributed by atoms with Gasteiger partial charge in [0.25, 0.3) is 5.56 Å². The van der Waals surface area contributed by atoms with Crippen LogP contribution in [0.4, 0.5) is 0 Å². The molecule has 72 valence electrons. The number of hydrogen-bond acceptors (Lipinski definition) is 3. The minimum Gasteiger partial charge on any atom is -0.490 e. The van der Waals surface area contributed by atoms with E-state index in [0.29, 0.717) is 5.69 Å². The van der Waals surface area contributed by atoms with Gasteiger partial charge in [0.2, 0.25) is 5.75 Å². The molecule has 0 aliphatic heterocycles. The van der Waals surface area contributed by atoms with E-state index in [-0.39, 0.29) is 11.4 Å². The van der Waals surface area contributed by atoms with Crippen molar-refractivity contribution in [3.05, 3.63) is 26.5 Å². The molecule has 5 heteroatoms. The zero-order valence-electron chi connectivity index (χ0n) is 8.12. The Morgan fingerprint density at radius 3 is 2.15 bits per heavy atom. The number of nitrogens with zero attached hydrogens (tertiary/aromatic N) is 2. The summed E-state index contributed by atoms with van der Waals surface area (Å²) in [6.07, 6.45) is 0. The number of ether oxygens (including phenoxy) is 1. The molecule has 0 unspecified atom stereocenters. The Balaban J connectivity index is 3.78. The number of methoxy groups -OCH3 is 1. The molecule has 0 amide bonds. The maximum Gasteiger partial charge on any atom is 0.330 e. The third-order valence-corrected chi connectivity index (χ3v) is 2.11. The molecule has 0 saturated heterocycles. The van der Waals surface area contributed by atoms with Crippen LogP contribution in [0.1, 0.15) is 5.69 Å². The monoisotopic (exact) mass is 184 g/mol. The Kier molecular flexibility index (Phi) is 2.27. The van der Waals surface area contributed by atoms with E-state index >= 15 is 0 Å². The molecule has 1 aromatic rings. The first-order chi connectivity index (χ1) is 6.00. The lowest BCUT2D eigenvalue weighted by Gasteiger charge is -2.09. The van der Waals surface area contributed by atoms with Crippen molar-refractivity contribution in [3.8, 4) is 5.75 Å². The zero-order valence-corrected chi connectivity index (χ0v) is 8.12. The first kappa shape index (κ1) is 9.57. The summed E-state index contributed by atoms with van der Waals surface area (Å²) in [6, 6.07) is 0. The van der Waals surface area contributed by atoms with Crippen molar-refractivity contribution >= 4 is 0 Å². The van der Waals surface area contributed by atoms with Gasteiger partial charge in [0, 0.05) is 14.1 Å². The summed E-state index contributed by atoms with van der Waals surface area (Å²) in [5.74, 6) is 0.213. The van der Waals surface area contributed by atoms with Crippen LogP contribution in [-0.4, -0.2) is 16.2 Å². The summed E-state index contributed by atoms with van der Waals surface area (Å²) in [7, 11) is 4.43. The van der Waals surface area contributed by atoms with Gasteiger partial charge in [-0.2, -0.15) is 0 Å². The topological polar surface area (TPSA) is 53.2 Å². The van der Waals surface area contributed by atoms with Crippen LogP contribution in [0, 0.1) is 6.92 Å². The molecular weight excluding hydrogens is 172 g/mol. The van der Waals surface area contributed by atoms with Crippen molar-refractivity contribution in [1.82, 2.24) is 9.13 Å². The molecule has 13 heavy (non-hydrogen) atoms. The van der Waals surface area contributed by atoms with Crippen LogP contribution in [-0.2, 0) is 14.1 Å². The minimum absolute atomic E-state index is 0.213. The second-order valence-electron chi connectivity index (χ2n) is 2.82. The average Bonchev–Trinajstić information content (AvgIpc) is 2.13. The Bertz CT molecular complexity index is 442. The van der Waals surface area contributed by atoms with Crippen molar-refractivity contribution in [2.75, 3.05) is 7.11 Å². The van der Waals surface area contributed by atoms with Gasteiger partial charge in [-0.05, 0) is 6.92 Å². The maximum atomic E-state index is 11.4. The third kappa shape index (κ3) is 1.26. The Morgan fingerprint density at radius 1 is 1.15 bits per heavy atom. The molecular formula is C8H12N2O3. The van der Waals surface area contributed by atoms with Gasteiger partial charge < -0.3 is 4.74 Å². The van der Waals surface area contributed by atoms with E-state index in [4.69, 9.17) is 4.74 Å². The lowest BCUT2D eigenvalue weighted by Crippen LogP contribution is -2.38. The van der Waals surface area contributed by atoms with Gasteiger partial charge in [-0.15, -0.1) is 0 Å². The molecule has 0 N–H and O–H groups in total. The Hall–Kier alpha value is -1.52. The van der Waals surface area contributed by atoms with E-state index in [2.05, 4.69) is 0 Å². The highest BCUT2D eigenvalue weighted by atomic mass is 16.5. The zero-order chi connectivity index (χ0) is 10.2. The molecule has 0 radical (unpaired) electrons. The first-order valence-electron chi connectivity index (χ1n) is 3.81. The van der Waals surface area contributed by atoms with Gasteiger partial charge in [-0.1, -0.05) is 0 Å². The first-order valence-corrected chi connectivity index (χ1v) is 3.81. The summed E-state index contributed by atoms with van der Waals surface area (Å²) in [4.78, 5) is 22.8. The highest BCUT2D eigenvalue weighted by Crippen LogP contribution is 2.06. The molecule has 1 rings (SSSR count). The van der Waals surface area contributed by atoms with Crippen LogP contribution in [0.2, 0.25) is 0 Å². The Labute approximate surface area is 75.2 Å². The fourth-order valence-electron chi connectivity index (χ4n) is 1.15. The van der Waals surface area contributed by atoms with Gasteiger partial charge in [-0.3, -0.25) is 13.9 Å². The van der Waals surface area contributed by atoms with Crippen LogP contribution in [0.5, 0.6) is 5.75 Å². The molecule has 0 aliphatic rings. The van der Waals surface area contributed by atoms with Crippen molar-refractivity contribution in [2.24, 2.45) is 14.1 Å². The lowest BCUT2D eigenvalue weighted by atomic mass is 10.4. The van der Waals surface area contributed by atoms with E-state index in [9.17, 15) is 9.59 Å². The van der Waals surface area contributed by atoms with Crippen LogP contribution in [0.25, 0.3) is 0 Å². The van der Waals surface area contributed by atoms with Crippen LogP contribution in [0.3, 0.4) is 0 Å². The summed E-state index contributed by atoms with van der Waals surface area (Å²) in [6.45, 7) is 1.67. The third-order valence-electron chi connectivity index (χ3n) is 2.11. The molecule has 1 aromatic heterocycles. The van der Waals surface area contributed by atoms with Gasteiger partial charge in [0.1, 0.15) is 0 Å². The van der Waals surface area contributed by atoms with Crippen LogP contribution >= 0.6 is 0 Å². The van der Waals surface area contributed by atoms with Crippen molar-refractivity contribution in [1.29, 1.82) is 0 Å². The van der Waals surface area contributed by atoms with Gasteiger partial charge in [0.05, 0.1) is 12.8 Å². The van der Waals surface area contributed by atoms with Crippen LogP contribution in [0.15, 0.2) is 9.59 Å². The molecule has 0 bridgehead atoms. The molecule has 0 spiro atoms. The fourth-order valence-corrected chi connectivity index (χ4v) is 1.15. The summed E-state index contributed by atoms with van der Waals surface area (Å²) < 4.78 is 7.29. The van der Waals surface area contributed by atoms with E-state index in [1.807, 2.05) is 0 Å². The molecule has 0 fully saturated rings. The molecule has 0 saturated carbocycles. The van der Waals surface area contributed by atoms with Crippen molar-refractivity contribution in [2.45, 2.75) is 6.92 Å². The predicted octanol–water partition coefficient (Wildman–Crippen LogP) is -0.599. The SMILES string of the molecule is COc1c(C)n(C)c(=O)n(C)c1=O. The standard InChI is InChI=1S/C8H12N2O3/c1-5-6(13-4)7(11)10(3)8(12)9(5)2/h1-4H3. The molecule has 0 aromatic carbocycles. The highest BCUT2D eigenvalue weighted by Gasteiger charge is 2.11. The maximum absolute atomic E-state index is 11.4. The smallest absolute Gasteiger partial charge is 0.330 e. The normalized spacial score (nSPS) is 10.2. The second kappa shape index (κ2) is 3.08. The number of hydrogen-bond donors (Lipinski definition) is 0. The quantitative estimate of drug-likeness (QED) is 0.585. The summed E-state index contributed by atoms with van der Waals surface area (Å²) >= 11 is 0. The van der Waals surface area contributed by atoms with E-state index in [1.54, 1.807) is 14.0 Å². The summed E-state index contributed by atoms with van der Waals surface area (Å²) in [5, 5.41) is 0. The fraction of sp³-hybridized carbons (Fsp3) is 0.500. The number of rotatable bonds is 1. The van der Waals surface area contributed by atoms with Crippen LogP contribution < -0.4 is 16.0 Å². The second-order valence-corrected chi connectivity index (χ2v) is 2.82. The Morgan fingerprint density at radius 2 is 1.69 bits per heavy atom. The highest BCUT2D eigenvalue weighted by molar-refractivity contribution is 5.23. The molecule has 0 atom stereocenters. The summed E-state index contributed by atoms with van der Waals surface area (Å²) in [5.41, 5.74) is -0.206. The van der Waals surface area contributed by atoms with Crippen molar-refractivity contribution in [3.63, 3.8) is 0 Å². The van der Waals surface area contributed by atoms with Gasteiger partial charge in [0.15, 0.2) is 0 Å². The minimum atomic E-state index is -0.400. The van der Waals surface area contributed by atoms with Gasteiger partial charge >= 0.3 is 5.69 Å². The van der Waals surface area contributed by atoms with E-state index < -0.39 is 5.56 Å². The number of aromatic nitrogens is 2. The molecule has 5 nitrogen and oxygen atoms in total.